The van der Waals surface area contributed by atoms with Crippen LogP contribution < -0.4 is 0 Å². The van der Waals surface area contributed by atoms with E-state index in [1.165, 1.54) is 23.5 Å². The minimum absolute atomic E-state index is 0.117. The number of benzene rings is 2. The van der Waals surface area contributed by atoms with Gasteiger partial charge in [-0.2, -0.15) is 0 Å². The molecule has 2 aromatic carbocycles. The Kier molecular flexibility index (Phi) is 9.67. The Balaban J connectivity index is 1.29. The lowest BCUT2D eigenvalue weighted by atomic mass is 9.86. The fourth-order valence-corrected chi connectivity index (χ4v) is 6.70. The van der Waals surface area contributed by atoms with Crippen LogP contribution in [0.2, 0.25) is 0 Å². The quantitative estimate of drug-likeness (QED) is 0.169. The van der Waals surface area contributed by atoms with E-state index in [1.807, 2.05) is 0 Å². The van der Waals surface area contributed by atoms with Crippen molar-refractivity contribution in [2.75, 3.05) is 19.6 Å². The second kappa shape index (κ2) is 13.6. The molecule has 3 aromatic rings. The summed E-state index contributed by atoms with van der Waals surface area (Å²) in [5.41, 5.74) is 2.05. The lowest BCUT2D eigenvalue weighted by Crippen LogP contribution is -2.49. The lowest BCUT2D eigenvalue weighted by molar-refractivity contribution is -0.145. The van der Waals surface area contributed by atoms with Gasteiger partial charge < -0.3 is 9.63 Å². The zero-order valence-electron chi connectivity index (χ0n) is 24.3. The molecule has 1 N–H and O–H groups in total. The predicted octanol–water partition coefficient (Wildman–Crippen LogP) is 6.65. The van der Waals surface area contributed by atoms with Crippen LogP contribution in [0.4, 0.5) is 4.39 Å². The largest absolute Gasteiger partial charge is 0.481 e. The van der Waals surface area contributed by atoms with Crippen molar-refractivity contribution in [2.45, 2.75) is 83.1 Å². The van der Waals surface area contributed by atoms with Crippen molar-refractivity contribution in [1.82, 2.24) is 15.0 Å². The van der Waals surface area contributed by atoms with Crippen LogP contribution >= 0.6 is 0 Å². The molecule has 0 radical (unpaired) electrons. The monoisotopic (exact) mass is 577 g/mol. The topological polar surface area (TPSA) is 104 Å². The summed E-state index contributed by atoms with van der Waals surface area (Å²) in [6.45, 7) is 3.67. The Morgan fingerprint density at radius 2 is 1.67 bits per heavy atom. The Morgan fingerprint density at radius 1 is 1.00 bits per heavy atom. The molecular weight excluding hydrogens is 537 g/mol. The van der Waals surface area contributed by atoms with E-state index in [0.717, 1.165) is 56.0 Å². The number of piperidine rings is 1. The van der Waals surface area contributed by atoms with Crippen LogP contribution in [-0.2, 0) is 4.79 Å². The average molecular weight is 578 g/mol. The molecule has 8 nitrogen and oxygen atoms in total. The summed E-state index contributed by atoms with van der Waals surface area (Å²) in [5.74, 6) is -2.31. The highest BCUT2D eigenvalue weighted by atomic mass is 19.1. The van der Waals surface area contributed by atoms with Gasteiger partial charge in [0.25, 0.3) is 11.8 Å². The second-order valence-corrected chi connectivity index (χ2v) is 11.7. The molecule has 1 saturated heterocycles. The van der Waals surface area contributed by atoms with E-state index in [2.05, 4.69) is 17.0 Å². The molecule has 9 heteroatoms. The standard InChI is InChI=1S/C33H40FN3O5/c1-2-3-4-5-6-7-12-26(33(40)41)28(17-20-37-31(38)24-10-8-9-11-25(24)32(37)39)36-18-15-22(16-19-36)30-27-14-13-23(34)21-29(27)42-35-30/h8-11,13-14,21-22,26,28H,2-7,12,15-20H2,1H3,(H,40,41). The first-order chi connectivity index (χ1) is 20.4. The van der Waals surface area contributed by atoms with Crippen molar-refractivity contribution in [3.63, 3.8) is 0 Å². The zero-order valence-corrected chi connectivity index (χ0v) is 24.3. The summed E-state index contributed by atoms with van der Waals surface area (Å²) in [7, 11) is 0. The number of hydrogen-bond donors (Lipinski definition) is 1. The minimum atomic E-state index is -0.831. The third-order valence-corrected chi connectivity index (χ3v) is 9.02. The molecule has 0 spiro atoms. The number of halogens is 1. The fourth-order valence-electron chi connectivity index (χ4n) is 6.70. The number of hydrogen-bond acceptors (Lipinski definition) is 6. The third kappa shape index (κ3) is 6.41. The minimum Gasteiger partial charge on any atom is -0.481 e. The van der Waals surface area contributed by atoms with E-state index >= 15 is 0 Å². The number of carboxylic acid groups (broad SMARTS) is 1. The summed E-state index contributed by atoms with van der Waals surface area (Å²) < 4.78 is 19.1. The smallest absolute Gasteiger partial charge is 0.308 e. The van der Waals surface area contributed by atoms with Crippen LogP contribution in [0, 0.1) is 11.7 Å². The molecule has 1 fully saturated rings. The zero-order chi connectivity index (χ0) is 29.6. The number of carbonyl (C=O) groups is 3. The third-order valence-electron chi connectivity index (χ3n) is 9.02. The van der Waals surface area contributed by atoms with Crippen LogP contribution in [-0.4, -0.2) is 63.5 Å². The van der Waals surface area contributed by atoms with Crippen LogP contribution in [0.5, 0.6) is 0 Å². The molecular formula is C33H40FN3O5. The van der Waals surface area contributed by atoms with Crippen molar-refractivity contribution in [2.24, 2.45) is 5.92 Å². The maximum absolute atomic E-state index is 13.7. The molecule has 224 valence electrons. The Labute approximate surface area is 245 Å². The fraction of sp³-hybridized carbons (Fsp3) is 0.515. The highest BCUT2D eigenvalue weighted by Crippen LogP contribution is 2.35. The first kappa shape index (κ1) is 29.9. The average Bonchev–Trinajstić information content (AvgIpc) is 3.52. The normalized spacial score (nSPS) is 17.6. The molecule has 2 unspecified atom stereocenters. The molecule has 2 atom stereocenters. The number of aliphatic carboxylic acids is 1. The van der Waals surface area contributed by atoms with Gasteiger partial charge in [-0.25, -0.2) is 4.39 Å². The van der Waals surface area contributed by atoms with Crippen molar-refractivity contribution in [3.8, 4) is 0 Å². The maximum atomic E-state index is 13.7. The van der Waals surface area contributed by atoms with Gasteiger partial charge in [0, 0.05) is 30.0 Å². The highest BCUT2D eigenvalue weighted by molar-refractivity contribution is 6.21. The number of carbonyl (C=O) groups excluding carboxylic acids is 2. The summed E-state index contributed by atoms with van der Waals surface area (Å²) in [5, 5.41) is 15.4. The van der Waals surface area contributed by atoms with Gasteiger partial charge in [0.15, 0.2) is 5.58 Å². The Bertz CT molecular complexity index is 1380. The number of nitrogens with zero attached hydrogens (tertiary/aromatic N) is 3. The predicted molar refractivity (Wildman–Crippen MR) is 157 cm³/mol. The number of aromatic nitrogens is 1. The van der Waals surface area contributed by atoms with E-state index in [-0.39, 0.29) is 36.1 Å². The molecule has 3 heterocycles. The number of unbranched alkanes of at least 4 members (excludes halogenated alkanes) is 5. The van der Waals surface area contributed by atoms with Gasteiger partial charge in [0.1, 0.15) is 5.82 Å². The van der Waals surface area contributed by atoms with Crippen LogP contribution in [0.3, 0.4) is 0 Å². The Hall–Kier alpha value is -3.59. The lowest BCUT2D eigenvalue weighted by Gasteiger charge is -2.40. The van der Waals surface area contributed by atoms with Crippen LogP contribution in [0.1, 0.15) is 103 Å². The van der Waals surface area contributed by atoms with E-state index in [1.54, 1.807) is 30.3 Å². The van der Waals surface area contributed by atoms with Crippen LogP contribution in [0.15, 0.2) is 47.0 Å². The van der Waals surface area contributed by atoms with Gasteiger partial charge in [0.05, 0.1) is 22.7 Å². The molecule has 42 heavy (non-hydrogen) atoms. The van der Waals surface area contributed by atoms with Crippen molar-refractivity contribution < 1.29 is 28.4 Å². The number of likely N-dealkylation sites (tertiary alicyclic amines) is 1. The molecule has 2 amide bonds. The maximum Gasteiger partial charge on any atom is 0.308 e. The van der Waals surface area contributed by atoms with E-state index in [9.17, 15) is 23.9 Å². The van der Waals surface area contributed by atoms with Gasteiger partial charge >= 0.3 is 5.97 Å². The first-order valence-corrected chi connectivity index (χ1v) is 15.4. The Morgan fingerprint density at radius 3 is 2.33 bits per heavy atom. The number of imide groups is 1. The summed E-state index contributed by atoms with van der Waals surface area (Å²) in [6, 6.07) is 11.0. The number of carboxylic acids is 1. The molecule has 0 saturated carbocycles. The van der Waals surface area contributed by atoms with E-state index < -0.39 is 11.9 Å². The SMILES string of the molecule is CCCCCCCCC(C(=O)O)C(CCN1C(=O)c2ccccc2C1=O)N1CCC(c2noc3cc(F)ccc23)CC1. The van der Waals surface area contributed by atoms with Crippen molar-refractivity contribution in [1.29, 1.82) is 0 Å². The molecule has 1 aromatic heterocycles. The summed E-state index contributed by atoms with van der Waals surface area (Å²) >= 11 is 0. The van der Waals surface area contributed by atoms with Crippen LogP contribution in [0.25, 0.3) is 11.0 Å². The van der Waals surface area contributed by atoms with Crippen molar-refractivity contribution >= 4 is 28.8 Å². The van der Waals surface area contributed by atoms with Gasteiger partial charge in [-0.15, -0.1) is 0 Å². The first-order valence-electron chi connectivity index (χ1n) is 15.4. The summed E-state index contributed by atoms with van der Waals surface area (Å²) in [6.07, 6.45) is 8.92. The number of rotatable bonds is 14. The van der Waals surface area contributed by atoms with E-state index in [0.29, 0.717) is 42.6 Å². The highest BCUT2D eigenvalue weighted by Gasteiger charge is 2.39. The molecule has 0 aliphatic carbocycles. The van der Waals surface area contributed by atoms with Gasteiger partial charge in [-0.05, 0) is 63.0 Å². The molecule has 2 aliphatic heterocycles. The van der Waals surface area contributed by atoms with Gasteiger partial charge in [-0.3, -0.25) is 24.2 Å². The van der Waals surface area contributed by atoms with Gasteiger partial charge in [0.2, 0.25) is 0 Å². The van der Waals surface area contributed by atoms with Crippen molar-refractivity contribution in [3.05, 3.63) is 65.1 Å². The molecule has 0 bridgehead atoms. The molecule has 5 rings (SSSR count). The molecule has 2 aliphatic rings. The summed E-state index contributed by atoms with van der Waals surface area (Å²) in [4.78, 5) is 42.2. The second-order valence-electron chi connectivity index (χ2n) is 11.7. The van der Waals surface area contributed by atoms with Gasteiger partial charge in [-0.1, -0.05) is 62.7 Å². The number of amides is 2. The van der Waals surface area contributed by atoms with E-state index in [4.69, 9.17) is 4.52 Å². The number of fused-ring (bicyclic) bond motifs is 2.